The molecule has 1 amide bonds. The topological polar surface area (TPSA) is 66.9 Å². The first-order chi connectivity index (χ1) is 13.1. The third-order valence-electron chi connectivity index (χ3n) is 6.27. The number of likely N-dealkylation sites (tertiary alicyclic amines) is 1. The van der Waals surface area contributed by atoms with Crippen molar-refractivity contribution >= 4 is 15.9 Å². The van der Waals surface area contributed by atoms with E-state index in [0.29, 0.717) is 37.8 Å². The fourth-order valence-electron chi connectivity index (χ4n) is 4.69. The van der Waals surface area contributed by atoms with Gasteiger partial charge in [-0.1, -0.05) is 25.3 Å². The van der Waals surface area contributed by atoms with Gasteiger partial charge in [0.05, 0.1) is 18.1 Å². The fourth-order valence-corrected chi connectivity index (χ4v) is 6.15. The molecule has 2 aliphatic heterocycles. The van der Waals surface area contributed by atoms with Gasteiger partial charge >= 0.3 is 0 Å². The molecule has 1 aromatic rings. The van der Waals surface area contributed by atoms with E-state index in [9.17, 15) is 13.2 Å². The van der Waals surface area contributed by atoms with Crippen LogP contribution in [0.15, 0.2) is 29.2 Å². The molecule has 2 saturated heterocycles. The van der Waals surface area contributed by atoms with E-state index in [1.165, 1.54) is 30.0 Å². The first kappa shape index (κ1) is 18.9. The van der Waals surface area contributed by atoms with Gasteiger partial charge in [0.15, 0.2) is 0 Å². The highest BCUT2D eigenvalue weighted by Gasteiger charge is 2.34. The molecule has 27 heavy (non-hydrogen) atoms. The van der Waals surface area contributed by atoms with Crippen LogP contribution in [0, 0.1) is 11.8 Å². The second-order valence-corrected chi connectivity index (χ2v) is 9.83. The summed E-state index contributed by atoms with van der Waals surface area (Å²) >= 11 is 0. The average molecular weight is 393 g/mol. The van der Waals surface area contributed by atoms with Crippen LogP contribution in [-0.4, -0.2) is 62.9 Å². The number of fused-ring (bicyclic) bond motifs is 1. The second kappa shape index (κ2) is 7.89. The van der Waals surface area contributed by atoms with E-state index >= 15 is 0 Å². The number of hydrogen-bond donors (Lipinski definition) is 0. The van der Waals surface area contributed by atoms with Crippen molar-refractivity contribution in [3.05, 3.63) is 29.8 Å². The number of ether oxygens (including phenoxy) is 1. The van der Waals surface area contributed by atoms with Crippen LogP contribution in [0.1, 0.15) is 42.5 Å². The summed E-state index contributed by atoms with van der Waals surface area (Å²) in [5.74, 6) is 1.32. The number of sulfonamides is 1. The van der Waals surface area contributed by atoms with Gasteiger partial charge in [0.2, 0.25) is 10.0 Å². The Balaban J connectivity index is 1.51. The summed E-state index contributed by atoms with van der Waals surface area (Å²) in [4.78, 5) is 15.1. The van der Waals surface area contributed by atoms with Gasteiger partial charge in [0, 0.05) is 31.7 Å². The summed E-state index contributed by atoms with van der Waals surface area (Å²) in [6.45, 7) is 3.12. The minimum atomic E-state index is -3.59. The predicted octanol–water partition coefficient (Wildman–Crippen LogP) is 2.36. The number of hydrogen-bond acceptors (Lipinski definition) is 4. The van der Waals surface area contributed by atoms with Gasteiger partial charge in [-0.05, 0) is 42.9 Å². The van der Waals surface area contributed by atoms with Gasteiger partial charge in [-0.25, -0.2) is 8.42 Å². The monoisotopic (exact) mass is 392 g/mol. The number of carbonyl (C=O) groups excluding carboxylic acids is 1. The van der Waals surface area contributed by atoms with Crippen LogP contribution in [0.5, 0.6) is 0 Å². The van der Waals surface area contributed by atoms with Crippen molar-refractivity contribution < 1.29 is 17.9 Å². The maximum absolute atomic E-state index is 13.0. The fraction of sp³-hybridized carbons (Fsp3) is 0.650. The van der Waals surface area contributed by atoms with E-state index in [1.54, 1.807) is 24.3 Å². The third-order valence-corrected chi connectivity index (χ3v) is 8.16. The number of benzene rings is 1. The lowest BCUT2D eigenvalue weighted by Gasteiger charge is -2.41. The van der Waals surface area contributed by atoms with Crippen molar-refractivity contribution in [2.75, 3.05) is 39.4 Å². The summed E-state index contributed by atoms with van der Waals surface area (Å²) in [5.41, 5.74) is 0.471. The van der Waals surface area contributed by atoms with Crippen LogP contribution in [0.4, 0.5) is 0 Å². The molecule has 1 saturated carbocycles. The standard InChI is InChI=1S/C20H28N2O4S/c23-20(21-9-8-16-4-1-2-5-18(16)15-21)17-6-3-7-19(14-17)27(24,25)22-10-12-26-13-11-22/h3,6-7,14,16,18H,1-2,4-5,8-13,15H2/t16-,18+/m1/s1. The minimum absolute atomic E-state index is 0.0435. The molecule has 148 valence electrons. The zero-order valence-corrected chi connectivity index (χ0v) is 16.5. The average Bonchev–Trinajstić information content (AvgIpc) is 2.73. The van der Waals surface area contributed by atoms with E-state index in [0.717, 1.165) is 25.4 Å². The van der Waals surface area contributed by atoms with Crippen LogP contribution in [0.2, 0.25) is 0 Å². The Morgan fingerprint density at radius 1 is 1.00 bits per heavy atom. The normalized spacial score (nSPS) is 27.2. The number of carbonyl (C=O) groups is 1. The molecule has 4 rings (SSSR count). The lowest BCUT2D eigenvalue weighted by Crippen LogP contribution is -2.44. The van der Waals surface area contributed by atoms with Gasteiger partial charge < -0.3 is 9.64 Å². The molecule has 0 N–H and O–H groups in total. The quantitative estimate of drug-likeness (QED) is 0.792. The molecular weight excluding hydrogens is 364 g/mol. The Labute approximate surface area is 161 Å². The highest BCUT2D eigenvalue weighted by molar-refractivity contribution is 7.89. The number of amides is 1. The van der Waals surface area contributed by atoms with Crippen molar-refractivity contribution in [1.29, 1.82) is 0 Å². The lowest BCUT2D eigenvalue weighted by molar-refractivity contribution is 0.0520. The molecule has 3 aliphatic rings. The first-order valence-corrected chi connectivity index (χ1v) is 11.5. The van der Waals surface area contributed by atoms with Gasteiger partial charge in [-0.2, -0.15) is 4.31 Å². The molecule has 0 aromatic heterocycles. The SMILES string of the molecule is O=C(c1cccc(S(=O)(=O)N2CCOCC2)c1)N1CC[C@H]2CCCC[C@H]2C1. The molecule has 1 aromatic carbocycles. The molecule has 7 heteroatoms. The zero-order chi connectivity index (χ0) is 18.9. The maximum Gasteiger partial charge on any atom is 0.253 e. The van der Waals surface area contributed by atoms with Crippen molar-refractivity contribution in [3.63, 3.8) is 0 Å². The van der Waals surface area contributed by atoms with Gasteiger partial charge in [-0.15, -0.1) is 0 Å². The lowest BCUT2D eigenvalue weighted by atomic mass is 9.75. The summed E-state index contributed by atoms with van der Waals surface area (Å²) in [5, 5.41) is 0. The largest absolute Gasteiger partial charge is 0.379 e. The van der Waals surface area contributed by atoms with Crippen molar-refractivity contribution in [1.82, 2.24) is 9.21 Å². The molecule has 2 heterocycles. The number of nitrogens with zero attached hydrogens (tertiary/aromatic N) is 2. The van der Waals surface area contributed by atoms with Crippen LogP contribution >= 0.6 is 0 Å². The molecule has 0 bridgehead atoms. The Morgan fingerprint density at radius 2 is 1.74 bits per heavy atom. The maximum atomic E-state index is 13.0. The Kier molecular flexibility index (Phi) is 5.53. The molecule has 6 nitrogen and oxygen atoms in total. The summed E-state index contributed by atoms with van der Waals surface area (Å²) in [7, 11) is -3.59. The molecule has 3 fully saturated rings. The molecule has 2 atom stereocenters. The van der Waals surface area contributed by atoms with Gasteiger partial charge in [0.1, 0.15) is 0 Å². The molecule has 1 aliphatic carbocycles. The molecule has 0 unspecified atom stereocenters. The summed E-state index contributed by atoms with van der Waals surface area (Å²) in [6, 6.07) is 6.52. The van der Waals surface area contributed by atoms with Crippen LogP contribution in [0.3, 0.4) is 0 Å². The molecular formula is C20H28N2O4S. The Morgan fingerprint density at radius 3 is 2.52 bits per heavy atom. The highest BCUT2D eigenvalue weighted by Crippen LogP contribution is 2.36. The zero-order valence-electron chi connectivity index (χ0n) is 15.7. The highest BCUT2D eigenvalue weighted by atomic mass is 32.2. The van der Waals surface area contributed by atoms with Crippen LogP contribution in [0.25, 0.3) is 0 Å². The van der Waals surface area contributed by atoms with Crippen LogP contribution in [-0.2, 0) is 14.8 Å². The third kappa shape index (κ3) is 3.91. The molecule has 0 radical (unpaired) electrons. The number of rotatable bonds is 3. The molecule has 0 spiro atoms. The smallest absolute Gasteiger partial charge is 0.253 e. The first-order valence-electron chi connectivity index (χ1n) is 10.0. The Bertz CT molecular complexity index is 789. The van der Waals surface area contributed by atoms with Crippen molar-refractivity contribution in [2.24, 2.45) is 11.8 Å². The Hall–Kier alpha value is -1.44. The van der Waals surface area contributed by atoms with Crippen LogP contribution < -0.4 is 0 Å². The second-order valence-electron chi connectivity index (χ2n) is 7.89. The van der Waals surface area contributed by atoms with Gasteiger partial charge in [-0.3, -0.25) is 4.79 Å². The van der Waals surface area contributed by atoms with E-state index in [4.69, 9.17) is 4.74 Å². The number of piperidine rings is 1. The van der Waals surface area contributed by atoms with Gasteiger partial charge in [0.25, 0.3) is 5.91 Å². The van der Waals surface area contributed by atoms with E-state index in [-0.39, 0.29) is 10.8 Å². The van der Waals surface area contributed by atoms with Crippen molar-refractivity contribution in [2.45, 2.75) is 37.0 Å². The minimum Gasteiger partial charge on any atom is -0.379 e. The summed E-state index contributed by atoms with van der Waals surface area (Å²) < 4.78 is 32.4. The van der Waals surface area contributed by atoms with E-state index in [1.807, 2.05) is 4.90 Å². The van der Waals surface area contributed by atoms with E-state index in [2.05, 4.69) is 0 Å². The number of morpholine rings is 1. The summed E-state index contributed by atoms with van der Waals surface area (Å²) in [6.07, 6.45) is 6.15. The predicted molar refractivity (Wildman–Crippen MR) is 102 cm³/mol. The van der Waals surface area contributed by atoms with E-state index < -0.39 is 10.0 Å². The van der Waals surface area contributed by atoms with Crippen molar-refractivity contribution in [3.8, 4) is 0 Å².